The standard InChI is InChI=1S/C8H10O4.C7H9NO.C7H6.C5H8.C2H6/c1-5-6(4-11-2)3-7(12-5)8(9)10;1-6-3-4-7(9-2)5-8-6;1-2-4-6-7-5-3-1;1-3-5-4-2;1-2/h3H,4H2,1-2H3,(H,9,10);3-5H,1-2H3;1-6H;3-5H,1H2,2H3;1-2H3/b;;;5-4+;. The van der Waals surface area contributed by atoms with Gasteiger partial charge in [-0.3, -0.25) is 4.98 Å². The van der Waals surface area contributed by atoms with Gasteiger partial charge in [-0.2, -0.15) is 0 Å². The van der Waals surface area contributed by atoms with E-state index in [4.69, 9.17) is 19.0 Å². The van der Waals surface area contributed by atoms with E-state index in [1.165, 1.54) is 6.07 Å². The van der Waals surface area contributed by atoms with E-state index in [-0.39, 0.29) is 5.76 Å². The van der Waals surface area contributed by atoms with Gasteiger partial charge in [0, 0.05) is 18.4 Å². The Kier molecular flexibility index (Phi) is 22.2. The highest BCUT2D eigenvalue weighted by molar-refractivity contribution is 5.84. The van der Waals surface area contributed by atoms with Crippen LogP contribution >= 0.6 is 0 Å². The second kappa shape index (κ2) is 23.3. The van der Waals surface area contributed by atoms with E-state index >= 15 is 0 Å². The number of aryl methyl sites for hydroxylation is 2. The molecule has 0 saturated heterocycles. The van der Waals surface area contributed by atoms with Crippen molar-refractivity contribution in [3.05, 3.63) is 114 Å². The summed E-state index contributed by atoms with van der Waals surface area (Å²) in [5, 5.41) is 8.56. The minimum Gasteiger partial charge on any atom is -0.495 e. The second-order valence-electron chi connectivity index (χ2n) is 6.30. The lowest BCUT2D eigenvalue weighted by Crippen LogP contribution is -1.92. The van der Waals surface area contributed by atoms with Crippen LogP contribution in [0.3, 0.4) is 0 Å². The van der Waals surface area contributed by atoms with Crippen molar-refractivity contribution < 1.29 is 23.8 Å². The van der Waals surface area contributed by atoms with E-state index in [1.807, 2.05) is 88.4 Å². The molecule has 1 aliphatic rings. The van der Waals surface area contributed by atoms with Crippen molar-refractivity contribution in [3.63, 3.8) is 0 Å². The number of carboxylic acids is 1. The molecule has 2 aromatic rings. The molecule has 0 aromatic carbocycles. The van der Waals surface area contributed by atoms with Crippen LogP contribution < -0.4 is 4.74 Å². The summed E-state index contributed by atoms with van der Waals surface area (Å²) >= 11 is 0. The fourth-order valence-electron chi connectivity index (χ4n) is 2.04. The van der Waals surface area contributed by atoms with Crippen molar-refractivity contribution >= 4 is 5.97 Å². The summed E-state index contributed by atoms with van der Waals surface area (Å²) in [5.41, 5.74) is 4.71. The summed E-state index contributed by atoms with van der Waals surface area (Å²) in [6, 6.07) is 5.28. The van der Waals surface area contributed by atoms with Gasteiger partial charge in [0.2, 0.25) is 5.76 Å². The van der Waals surface area contributed by atoms with Gasteiger partial charge in [0.05, 0.1) is 19.9 Å². The van der Waals surface area contributed by atoms with Gasteiger partial charge in [0.15, 0.2) is 0 Å². The summed E-state index contributed by atoms with van der Waals surface area (Å²) in [5.74, 6) is 0.301. The molecule has 0 unspecified atom stereocenters. The molecule has 6 heteroatoms. The van der Waals surface area contributed by atoms with Gasteiger partial charge in [-0.05, 0) is 51.1 Å². The third-order valence-corrected chi connectivity index (χ3v) is 3.70. The van der Waals surface area contributed by atoms with Crippen LogP contribution in [0.25, 0.3) is 0 Å². The zero-order valence-electron chi connectivity index (χ0n) is 21.9. The first kappa shape index (κ1) is 33.3. The maximum Gasteiger partial charge on any atom is 0.371 e. The number of carbonyl (C=O) groups is 1. The Hall–Kier alpha value is -3.86. The number of aromatic nitrogens is 1. The van der Waals surface area contributed by atoms with Crippen molar-refractivity contribution in [2.75, 3.05) is 14.2 Å². The Balaban J connectivity index is 0. The number of hydrogen-bond donors (Lipinski definition) is 1. The number of furan rings is 1. The number of aromatic carboxylic acids is 1. The van der Waals surface area contributed by atoms with Gasteiger partial charge in [-0.25, -0.2) is 4.79 Å². The Morgan fingerprint density at radius 3 is 2.14 bits per heavy atom. The van der Waals surface area contributed by atoms with Crippen molar-refractivity contribution in [3.8, 4) is 5.75 Å². The van der Waals surface area contributed by atoms with E-state index in [1.54, 1.807) is 33.4 Å². The number of rotatable bonds is 5. The van der Waals surface area contributed by atoms with E-state index in [9.17, 15) is 4.79 Å². The molecule has 190 valence electrons. The fourth-order valence-corrected chi connectivity index (χ4v) is 2.04. The molecule has 2 heterocycles. The lowest BCUT2D eigenvalue weighted by molar-refractivity contribution is 0.0661. The molecular formula is C29H39NO5. The number of nitrogens with zero attached hydrogens (tertiary/aromatic N) is 1. The molecule has 0 spiro atoms. The normalized spacial score (nSPS) is 10.3. The van der Waals surface area contributed by atoms with E-state index < -0.39 is 5.97 Å². The number of pyridine rings is 1. The Bertz CT molecular complexity index is 957. The quantitative estimate of drug-likeness (QED) is 0.353. The summed E-state index contributed by atoms with van der Waals surface area (Å²) in [6.07, 6.45) is 18.9. The molecule has 0 saturated carbocycles. The first-order chi connectivity index (χ1) is 16.9. The van der Waals surface area contributed by atoms with Crippen molar-refractivity contribution in [2.45, 2.75) is 41.2 Å². The van der Waals surface area contributed by atoms with Gasteiger partial charge in [0.25, 0.3) is 0 Å². The van der Waals surface area contributed by atoms with Crippen LogP contribution in [0.1, 0.15) is 48.3 Å². The number of ether oxygens (including phenoxy) is 2. The van der Waals surface area contributed by atoms with Gasteiger partial charge in [-0.15, -0.1) is 5.73 Å². The van der Waals surface area contributed by atoms with Crippen molar-refractivity contribution in [1.82, 2.24) is 4.98 Å². The molecule has 2 aromatic heterocycles. The molecule has 1 N–H and O–H groups in total. The summed E-state index contributed by atoms with van der Waals surface area (Å²) < 4.78 is 14.7. The first-order valence-electron chi connectivity index (χ1n) is 11.2. The number of carboxylic acid groups (broad SMARTS) is 1. The Labute approximate surface area is 210 Å². The maximum absolute atomic E-state index is 10.4. The average Bonchev–Trinajstić information content (AvgIpc) is 3.05. The summed E-state index contributed by atoms with van der Waals surface area (Å²) in [7, 11) is 3.18. The molecule has 0 aliphatic heterocycles. The summed E-state index contributed by atoms with van der Waals surface area (Å²) in [4.78, 5) is 14.5. The second-order valence-corrected chi connectivity index (χ2v) is 6.30. The predicted octanol–water partition coefficient (Wildman–Crippen LogP) is 7.43. The average molecular weight is 482 g/mol. The zero-order valence-corrected chi connectivity index (χ0v) is 21.9. The SMILES string of the molecule is C1=CC=CC=CC=1.C=C/C=C/C.CC.COCc1cc(C(=O)O)oc1C.COc1ccc(C)nc1. The van der Waals surface area contributed by atoms with Crippen LogP contribution in [0.15, 0.2) is 95.8 Å². The molecule has 0 atom stereocenters. The molecule has 0 radical (unpaired) electrons. The van der Waals surface area contributed by atoms with Gasteiger partial charge < -0.3 is 19.0 Å². The van der Waals surface area contributed by atoms with Crippen LogP contribution in [-0.4, -0.2) is 30.3 Å². The number of allylic oxidation sites excluding steroid dienone is 8. The predicted molar refractivity (Wildman–Crippen MR) is 144 cm³/mol. The highest BCUT2D eigenvalue weighted by Crippen LogP contribution is 2.15. The molecule has 0 bridgehead atoms. The molecular weight excluding hydrogens is 442 g/mol. The van der Waals surface area contributed by atoms with Crippen LogP contribution in [0.2, 0.25) is 0 Å². The molecule has 35 heavy (non-hydrogen) atoms. The number of hydrogen-bond acceptors (Lipinski definition) is 5. The molecule has 3 rings (SSSR count). The maximum atomic E-state index is 10.4. The molecule has 6 nitrogen and oxygen atoms in total. The zero-order chi connectivity index (χ0) is 26.9. The minimum absolute atomic E-state index is 0.0421. The largest absolute Gasteiger partial charge is 0.495 e. The molecule has 1 aliphatic carbocycles. The third kappa shape index (κ3) is 18.3. The monoisotopic (exact) mass is 481 g/mol. The Morgan fingerprint density at radius 2 is 1.77 bits per heavy atom. The Morgan fingerprint density at radius 1 is 1.14 bits per heavy atom. The lowest BCUT2D eigenvalue weighted by atomic mass is 10.2. The lowest BCUT2D eigenvalue weighted by Gasteiger charge is -1.96. The molecule has 0 amide bonds. The van der Waals surface area contributed by atoms with Crippen molar-refractivity contribution in [1.29, 1.82) is 0 Å². The highest BCUT2D eigenvalue weighted by atomic mass is 16.5. The number of methoxy groups -OCH3 is 2. The van der Waals surface area contributed by atoms with E-state index in [0.29, 0.717) is 12.4 Å². The van der Waals surface area contributed by atoms with Gasteiger partial charge in [0.1, 0.15) is 11.5 Å². The third-order valence-electron chi connectivity index (χ3n) is 3.70. The van der Waals surface area contributed by atoms with Crippen LogP contribution in [0.5, 0.6) is 5.75 Å². The minimum atomic E-state index is -1.06. The van der Waals surface area contributed by atoms with E-state index in [0.717, 1.165) is 17.0 Å². The van der Waals surface area contributed by atoms with Crippen LogP contribution in [0, 0.1) is 13.8 Å². The smallest absolute Gasteiger partial charge is 0.371 e. The van der Waals surface area contributed by atoms with Crippen molar-refractivity contribution in [2.24, 2.45) is 0 Å². The summed E-state index contributed by atoms with van der Waals surface area (Å²) in [6.45, 7) is 13.5. The van der Waals surface area contributed by atoms with Crippen LogP contribution in [-0.2, 0) is 11.3 Å². The highest BCUT2D eigenvalue weighted by Gasteiger charge is 2.12. The topological polar surface area (TPSA) is 81.8 Å². The fraction of sp³-hybridized carbons (Fsp3) is 0.276. The van der Waals surface area contributed by atoms with Gasteiger partial charge in [-0.1, -0.05) is 63.0 Å². The first-order valence-corrected chi connectivity index (χ1v) is 11.2. The van der Waals surface area contributed by atoms with Gasteiger partial charge >= 0.3 is 5.97 Å². The molecule has 0 fully saturated rings. The van der Waals surface area contributed by atoms with E-state index in [2.05, 4.69) is 17.3 Å². The van der Waals surface area contributed by atoms with Crippen LogP contribution in [0.4, 0.5) is 0 Å².